The molecular formula is C11H18N4O4. The van der Waals surface area contributed by atoms with Gasteiger partial charge >= 0.3 is 12.0 Å². The summed E-state index contributed by atoms with van der Waals surface area (Å²) >= 11 is 0. The van der Waals surface area contributed by atoms with Crippen LogP contribution in [0.1, 0.15) is 32.0 Å². The lowest BCUT2D eigenvalue weighted by molar-refractivity contribution is -0.140. The van der Waals surface area contributed by atoms with E-state index in [-0.39, 0.29) is 12.5 Å². The van der Waals surface area contributed by atoms with Gasteiger partial charge < -0.3 is 20.3 Å². The molecule has 1 aromatic heterocycles. The molecule has 2 atom stereocenters. The summed E-state index contributed by atoms with van der Waals surface area (Å²) in [7, 11) is 0. The predicted molar refractivity (Wildman–Crippen MR) is 65.3 cm³/mol. The highest BCUT2D eigenvalue weighted by atomic mass is 16.5. The highest BCUT2D eigenvalue weighted by Gasteiger charge is 2.25. The topological polar surface area (TPSA) is 117 Å². The Morgan fingerprint density at radius 1 is 1.47 bits per heavy atom. The van der Waals surface area contributed by atoms with Gasteiger partial charge in [-0.05, 0) is 5.92 Å². The molecule has 0 radical (unpaired) electrons. The quantitative estimate of drug-likeness (QED) is 0.699. The summed E-state index contributed by atoms with van der Waals surface area (Å²) in [5, 5.41) is 17.5. The zero-order chi connectivity index (χ0) is 14.4. The molecule has 0 aliphatic carbocycles. The Morgan fingerprint density at radius 3 is 2.63 bits per heavy atom. The Morgan fingerprint density at radius 2 is 2.16 bits per heavy atom. The average molecular weight is 270 g/mol. The number of nitrogens with one attached hydrogen (secondary N) is 2. The van der Waals surface area contributed by atoms with Crippen LogP contribution in [-0.2, 0) is 11.3 Å². The Balaban J connectivity index is 2.46. The molecule has 3 N–H and O–H groups in total. The second-order valence-electron chi connectivity index (χ2n) is 4.26. The van der Waals surface area contributed by atoms with Crippen LogP contribution in [0.5, 0.6) is 0 Å². The SMILES string of the molecule is CCC(C)C(NC(=O)NCc1noc(C)n1)C(=O)O. The number of aromatic nitrogens is 2. The zero-order valence-electron chi connectivity index (χ0n) is 11.1. The first kappa shape index (κ1) is 14.9. The van der Waals surface area contributed by atoms with E-state index in [0.29, 0.717) is 18.1 Å². The average Bonchev–Trinajstić information content (AvgIpc) is 2.78. The number of hydrogen-bond donors (Lipinski definition) is 3. The first-order valence-electron chi connectivity index (χ1n) is 6.00. The van der Waals surface area contributed by atoms with Gasteiger partial charge in [0.05, 0.1) is 6.54 Å². The van der Waals surface area contributed by atoms with Crippen LogP contribution in [0.3, 0.4) is 0 Å². The minimum absolute atomic E-state index is 0.0794. The summed E-state index contributed by atoms with van der Waals surface area (Å²) in [4.78, 5) is 26.5. The molecule has 0 spiro atoms. The predicted octanol–water partition coefficient (Wildman–Crippen LogP) is 0.677. The van der Waals surface area contributed by atoms with Gasteiger partial charge in [-0.3, -0.25) is 0 Å². The molecule has 8 heteroatoms. The van der Waals surface area contributed by atoms with E-state index in [1.54, 1.807) is 13.8 Å². The summed E-state index contributed by atoms with van der Waals surface area (Å²) in [6, 6.07) is -1.49. The van der Waals surface area contributed by atoms with Gasteiger partial charge in [0.2, 0.25) is 5.89 Å². The number of rotatable bonds is 6. The lowest BCUT2D eigenvalue weighted by atomic mass is 9.99. The maximum absolute atomic E-state index is 11.6. The Bertz CT molecular complexity index is 446. The molecule has 0 aliphatic heterocycles. The van der Waals surface area contributed by atoms with Gasteiger partial charge in [-0.2, -0.15) is 4.98 Å². The van der Waals surface area contributed by atoms with Crippen molar-refractivity contribution in [3.8, 4) is 0 Å². The molecule has 19 heavy (non-hydrogen) atoms. The molecular weight excluding hydrogens is 252 g/mol. The van der Waals surface area contributed by atoms with Crippen molar-refractivity contribution in [2.24, 2.45) is 5.92 Å². The van der Waals surface area contributed by atoms with Gasteiger partial charge in [-0.1, -0.05) is 25.4 Å². The third-order valence-electron chi connectivity index (χ3n) is 2.74. The van der Waals surface area contributed by atoms with E-state index in [1.165, 1.54) is 0 Å². The van der Waals surface area contributed by atoms with E-state index in [4.69, 9.17) is 9.63 Å². The molecule has 1 heterocycles. The Labute approximate surface area is 110 Å². The standard InChI is InChI=1S/C11H18N4O4/c1-4-6(2)9(10(16)17)14-11(18)12-5-8-13-7(3)19-15-8/h6,9H,4-5H2,1-3H3,(H,16,17)(H2,12,14,18). The van der Waals surface area contributed by atoms with Crippen molar-refractivity contribution < 1.29 is 19.2 Å². The summed E-state index contributed by atoms with van der Waals surface area (Å²) in [6.07, 6.45) is 0.654. The van der Waals surface area contributed by atoms with Crippen LogP contribution in [0.15, 0.2) is 4.52 Å². The third kappa shape index (κ3) is 4.57. The van der Waals surface area contributed by atoms with Crippen molar-refractivity contribution in [1.29, 1.82) is 0 Å². The number of carbonyl (C=O) groups excluding carboxylic acids is 1. The normalized spacial score (nSPS) is 13.6. The van der Waals surface area contributed by atoms with Gasteiger partial charge in [0, 0.05) is 6.92 Å². The van der Waals surface area contributed by atoms with E-state index >= 15 is 0 Å². The van der Waals surface area contributed by atoms with E-state index in [2.05, 4.69) is 20.8 Å². The summed E-state index contributed by atoms with van der Waals surface area (Å²) in [5.41, 5.74) is 0. The van der Waals surface area contributed by atoms with Crippen LogP contribution in [0.25, 0.3) is 0 Å². The molecule has 0 bridgehead atoms. The van der Waals surface area contributed by atoms with Crippen molar-refractivity contribution in [3.63, 3.8) is 0 Å². The molecule has 0 aromatic carbocycles. The molecule has 8 nitrogen and oxygen atoms in total. The lowest BCUT2D eigenvalue weighted by Crippen LogP contribution is -2.48. The zero-order valence-corrected chi connectivity index (χ0v) is 11.1. The van der Waals surface area contributed by atoms with E-state index in [1.807, 2.05) is 6.92 Å². The van der Waals surface area contributed by atoms with Crippen molar-refractivity contribution in [2.45, 2.75) is 39.8 Å². The van der Waals surface area contributed by atoms with Gasteiger partial charge in [-0.25, -0.2) is 9.59 Å². The largest absolute Gasteiger partial charge is 0.480 e. The first-order chi connectivity index (χ1) is 8.93. The fourth-order valence-corrected chi connectivity index (χ4v) is 1.45. The number of amides is 2. The van der Waals surface area contributed by atoms with Gasteiger partial charge in [0.1, 0.15) is 6.04 Å². The maximum atomic E-state index is 11.6. The van der Waals surface area contributed by atoms with Gasteiger partial charge in [-0.15, -0.1) is 0 Å². The second kappa shape index (κ2) is 6.72. The maximum Gasteiger partial charge on any atom is 0.326 e. The molecule has 2 unspecified atom stereocenters. The minimum atomic E-state index is -1.06. The minimum Gasteiger partial charge on any atom is -0.480 e. The van der Waals surface area contributed by atoms with Crippen LogP contribution >= 0.6 is 0 Å². The molecule has 1 rings (SSSR count). The second-order valence-corrected chi connectivity index (χ2v) is 4.26. The number of carboxylic acids is 1. The van der Waals surface area contributed by atoms with Crippen molar-refractivity contribution in [1.82, 2.24) is 20.8 Å². The number of nitrogens with zero attached hydrogens (tertiary/aromatic N) is 2. The third-order valence-corrected chi connectivity index (χ3v) is 2.74. The van der Waals surface area contributed by atoms with Crippen molar-refractivity contribution in [3.05, 3.63) is 11.7 Å². The summed E-state index contributed by atoms with van der Waals surface area (Å²) < 4.78 is 4.74. The van der Waals surface area contributed by atoms with Crippen LogP contribution in [-0.4, -0.2) is 33.3 Å². The fourth-order valence-electron chi connectivity index (χ4n) is 1.45. The molecule has 106 valence electrons. The van der Waals surface area contributed by atoms with E-state index in [9.17, 15) is 9.59 Å². The van der Waals surface area contributed by atoms with Crippen LogP contribution in [0, 0.1) is 12.8 Å². The number of urea groups is 1. The van der Waals surface area contributed by atoms with Crippen LogP contribution in [0.2, 0.25) is 0 Å². The lowest BCUT2D eigenvalue weighted by Gasteiger charge is -2.20. The first-order valence-corrected chi connectivity index (χ1v) is 6.00. The molecule has 0 saturated carbocycles. The monoisotopic (exact) mass is 270 g/mol. The van der Waals surface area contributed by atoms with Crippen LogP contribution < -0.4 is 10.6 Å². The van der Waals surface area contributed by atoms with Crippen molar-refractivity contribution in [2.75, 3.05) is 0 Å². The van der Waals surface area contributed by atoms with Crippen molar-refractivity contribution >= 4 is 12.0 Å². The van der Waals surface area contributed by atoms with E-state index in [0.717, 1.165) is 0 Å². The Hall–Kier alpha value is -2.12. The summed E-state index contributed by atoms with van der Waals surface area (Å²) in [5.74, 6) is -0.473. The highest BCUT2D eigenvalue weighted by molar-refractivity contribution is 5.82. The molecule has 0 aliphatic rings. The number of aliphatic carboxylic acids is 1. The van der Waals surface area contributed by atoms with E-state index < -0.39 is 18.0 Å². The Kier molecular flexibility index (Phi) is 5.28. The summed E-state index contributed by atoms with van der Waals surface area (Å²) in [6.45, 7) is 5.35. The molecule has 1 aromatic rings. The number of carbonyl (C=O) groups is 2. The van der Waals surface area contributed by atoms with Gasteiger partial charge in [0.25, 0.3) is 0 Å². The smallest absolute Gasteiger partial charge is 0.326 e. The number of aryl methyl sites for hydroxylation is 1. The molecule has 0 saturated heterocycles. The van der Waals surface area contributed by atoms with Crippen LogP contribution in [0.4, 0.5) is 4.79 Å². The highest BCUT2D eigenvalue weighted by Crippen LogP contribution is 2.07. The number of hydrogen-bond acceptors (Lipinski definition) is 5. The fraction of sp³-hybridized carbons (Fsp3) is 0.636. The number of carboxylic acid groups (broad SMARTS) is 1. The molecule has 0 fully saturated rings. The van der Waals surface area contributed by atoms with Gasteiger partial charge in [0.15, 0.2) is 5.82 Å². The molecule has 2 amide bonds.